The van der Waals surface area contributed by atoms with Gasteiger partial charge in [0, 0.05) is 17.8 Å². The second-order valence-corrected chi connectivity index (χ2v) is 5.66. The van der Waals surface area contributed by atoms with Gasteiger partial charge in [-0.25, -0.2) is 4.85 Å². The van der Waals surface area contributed by atoms with E-state index < -0.39 is 11.6 Å². The quantitative estimate of drug-likeness (QED) is 0.760. The van der Waals surface area contributed by atoms with Crippen molar-refractivity contribution in [2.75, 3.05) is 0 Å². The molecule has 0 radical (unpaired) electrons. The van der Waals surface area contributed by atoms with Crippen LogP contribution in [0.25, 0.3) is 4.85 Å². The van der Waals surface area contributed by atoms with Crippen molar-refractivity contribution in [2.24, 2.45) is 0 Å². The molecule has 2 aromatic rings. The summed E-state index contributed by atoms with van der Waals surface area (Å²) < 4.78 is 7.14. The van der Waals surface area contributed by atoms with Crippen molar-refractivity contribution >= 4 is 11.5 Å². The molecule has 1 aliphatic heterocycles. The van der Waals surface area contributed by atoms with Crippen LogP contribution < -0.4 is 10.3 Å². The third-order valence-corrected chi connectivity index (χ3v) is 3.75. The number of aromatic nitrogens is 1. The van der Waals surface area contributed by atoms with Crippen molar-refractivity contribution in [1.82, 2.24) is 4.57 Å². The zero-order valence-electron chi connectivity index (χ0n) is 12.2. The van der Waals surface area contributed by atoms with Gasteiger partial charge in [-0.3, -0.25) is 9.59 Å². The number of ketones is 1. The minimum atomic E-state index is -1.04. The number of carbonyl (C=O) groups is 1. The third kappa shape index (κ3) is 2.09. The number of ether oxygens (including phenoxy) is 1. The molecule has 5 nitrogen and oxygen atoms in total. The highest BCUT2D eigenvalue weighted by Gasteiger charge is 2.43. The Kier molecular flexibility index (Phi) is 3.10. The summed E-state index contributed by atoms with van der Waals surface area (Å²) in [6.07, 6.45) is 1.58. The Morgan fingerprint density at radius 3 is 2.68 bits per heavy atom. The van der Waals surface area contributed by atoms with E-state index in [4.69, 9.17) is 11.3 Å². The molecule has 0 amide bonds. The van der Waals surface area contributed by atoms with E-state index in [1.54, 1.807) is 50.4 Å². The molecule has 0 fully saturated rings. The molecule has 1 aliphatic rings. The largest absolute Gasteiger partial charge is 0.480 e. The van der Waals surface area contributed by atoms with E-state index >= 15 is 0 Å². The number of Topliss-reactive ketones (excluding diaryl/α,β-unsaturated/α-hetero) is 1. The van der Waals surface area contributed by atoms with Gasteiger partial charge in [0.15, 0.2) is 11.3 Å². The first-order chi connectivity index (χ1) is 10.4. The molecule has 3 rings (SSSR count). The van der Waals surface area contributed by atoms with Crippen LogP contribution in [0.5, 0.6) is 5.75 Å². The molecule has 110 valence electrons. The van der Waals surface area contributed by atoms with Crippen molar-refractivity contribution < 1.29 is 9.53 Å². The lowest BCUT2D eigenvalue weighted by Gasteiger charge is -2.36. The Balaban J connectivity index is 2.29. The summed E-state index contributed by atoms with van der Waals surface area (Å²) in [6.45, 7) is 10.5. The fourth-order valence-corrected chi connectivity index (χ4v) is 2.64. The molecule has 22 heavy (non-hydrogen) atoms. The van der Waals surface area contributed by atoms with E-state index in [0.29, 0.717) is 17.0 Å². The number of hydrogen-bond acceptors (Lipinski definition) is 3. The molecule has 0 saturated heterocycles. The Labute approximate surface area is 127 Å². The number of carbonyl (C=O) groups excluding carboxylic acids is 1. The molecular formula is C17H14N2O3. The molecule has 1 unspecified atom stereocenters. The van der Waals surface area contributed by atoms with E-state index in [1.807, 2.05) is 0 Å². The van der Waals surface area contributed by atoms with E-state index in [9.17, 15) is 9.59 Å². The Hall–Kier alpha value is -2.87. The van der Waals surface area contributed by atoms with Crippen molar-refractivity contribution in [3.05, 3.63) is 69.9 Å². The second kappa shape index (κ2) is 4.85. The summed E-state index contributed by atoms with van der Waals surface area (Å²) in [7, 11) is 0. The summed E-state index contributed by atoms with van der Waals surface area (Å²) in [5.74, 6) is 0.313. The zero-order chi connectivity index (χ0) is 15.9. The molecule has 5 heteroatoms. The Morgan fingerprint density at radius 2 is 2.00 bits per heavy atom. The molecular weight excluding hydrogens is 280 g/mol. The van der Waals surface area contributed by atoms with Gasteiger partial charge in [0.25, 0.3) is 5.56 Å². The van der Waals surface area contributed by atoms with Crippen LogP contribution in [0, 0.1) is 6.57 Å². The molecule has 0 bridgehead atoms. The van der Waals surface area contributed by atoms with Crippen LogP contribution in [-0.2, 0) is 4.79 Å². The maximum atomic E-state index is 12.8. The van der Waals surface area contributed by atoms with Crippen molar-refractivity contribution in [3.8, 4) is 5.75 Å². The highest BCUT2D eigenvalue weighted by molar-refractivity contribution is 5.95. The fraction of sp³-hybridized carbons (Fsp3) is 0.235. The number of hydrogen-bond donors (Lipinski definition) is 0. The van der Waals surface area contributed by atoms with E-state index in [0.717, 1.165) is 0 Å². The number of benzene rings is 1. The van der Waals surface area contributed by atoms with Crippen LogP contribution >= 0.6 is 0 Å². The normalized spacial score (nSPS) is 19.0. The molecule has 1 aromatic heterocycles. The van der Waals surface area contributed by atoms with Gasteiger partial charge in [-0.2, -0.15) is 0 Å². The summed E-state index contributed by atoms with van der Waals surface area (Å²) >= 11 is 0. The smallest absolute Gasteiger partial charge is 0.251 e. The van der Waals surface area contributed by atoms with Crippen LogP contribution in [0.3, 0.4) is 0 Å². The lowest BCUT2D eigenvalue weighted by Crippen LogP contribution is -2.48. The number of pyridine rings is 1. The van der Waals surface area contributed by atoms with Gasteiger partial charge < -0.3 is 9.30 Å². The lowest BCUT2D eigenvalue weighted by molar-refractivity contribution is -0.136. The molecule has 2 heterocycles. The van der Waals surface area contributed by atoms with Crippen molar-refractivity contribution in [2.45, 2.75) is 25.5 Å². The van der Waals surface area contributed by atoms with Crippen molar-refractivity contribution in [3.63, 3.8) is 0 Å². The van der Waals surface area contributed by atoms with Crippen LogP contribution in [0.4, 0.5) is 5.69 Å². The van der Waals surface area contributed by atoms with Gasteiger partial charge in [0.05, 0.1) is 6.57 Å². The average molecular weight is 294 g/mol. The third-order valence-electron chi connectivity index (χ3n) is 3.75. The van der Waals surface area contributed by atoms with Gasteiger partial charge >= 0.3 is 0 Å². The van der Waals surface area contributed by atoms with Gasteiger partial charge in [-0.15, -0.1) is 0 Å². The Morgan fingerprint density at radius 1 is 1.23 bits per heavy atom. The maximum Gasteiger partial charge on any atom is 0.251 e. The van der Waals surface area contributed by atoms with Crippen LogP contribution in [-0.4, -0.2) is 16.0 Å². The van der Waals surface area contributed by atoms with E-state index in [-0.39, 0.29) is 11.3 Å². The standard InChI is InChI=1S/C17H14N2O3/c1-17(2)16(21)15(19-9-5-4-6-14(19)20)12-10-11(18-3)7-8-13(12)22-17/h4-10,15H,1-2H3. The average Bonchev–Trinajstić information content (AvgIpc) is 2.49. The molecule has 1 atom stereocenters. The van der Waals surface area contributed by atoms with Gasteiger partial charge in [0.1, 0.15) is 11.8 Å². The molecule has 0 aliphatic carbocycles. The monoisotopic (exact) mass is 294 g/mol. The minimum absolute atomic E-state index is 0.213. The number of rotatable bonds is 1. The van der Waals surface area contributed by atoms with E-state index in [1.165, 1.54) is 10.6 Å². The van der Waals surface area contributed by atoms with Crippen LogP contribution in [0.2, 0.25) is 0 Å². The first kappa shape index (κ1) is 14.1. The highest BCUT2D eigenvalue weighted by Crippen LogP contribution is 2.40. The second-order valence-electron chi connectivity index (χ2n) is 5.66. The molecule has 0 N–H and O–H groups in total. The SMILES string of the molecule is [C-]#[N+]c1ccc2c(c1)C(n1ccccc1=O)C(=O)C(C)(C)O2. The summed E-state index contributed by atoms with van der Waals surface area (Å²) in [5, 5.41) is 0. The summed E-state index contributed by atoms with van der Waals surface area (Å²) in [4.78, 5) is 28.3. The first-order valence-electron chi connectivity index (χ1n) is 6.86. The predicted octanol–water partition coefficient (Wildman–Crippen LogP) is 2.73. The fourth-order valence-electron chi connectivity index (χ4n) is 2.64. The molecule has 1 aromatic carbocycles. The Bertz CT molecular complexity index is 859. The summed E-state index contributed by atoms with van der Waals surface area (Å²) in [6, 6.07) is 8.89. The number of nitrogens with zero attached hydrogens (tertiary/aromatic N) is 2. The lowest BCUT2D eigenvalue weighted by atomic mass is 9.87. The topological polar surface area (TPSA) is 52.7 Å². The van der Waals surface area contributed by atoms with Crippen LogP contribution in [0.15, 0.2) is 47.4 Å². The van der Waals surface area contributed by atoms with Crippen LogP contribution in [0.1, 0.15) is 25.5 Å². The first-order valence-corrected chi connectivity index (χ1v) is 6.86. The zero-order valence-corrected chi connectivity index (χ0v) is 12.2. The molecule has 0 spiro atoms. The minimum Gasteiger partial charge on any atom is -0.480 e. The van der Waals surface area contributed by atoms with Gasteiger partial charge in [-0.1, -0.05) is 12.1 Å². The van der Waals surface area contributed by atoms with Gasteiger partial charge in [0.2, 0.25) is 5.78 Å². The van der Waals surface area contributed by atoms with E-state index in [2.05, 4.69) is 4.85 Å². The van der Waals surface area contributed by atoms with Crippen molar-refractivity contribution in [1.29, 1.82) is 0 Å². The maximum absolute atomic E-state index is 12.8. The number of fused-ring (bicyclic) bond motifs is 1. The molecule has 0 saturated carbocycles. The summed E-state index contributed by atoms with van der Waals surface area (Å²) in [5.41, 5.74) is -0.347. The predicted molar refractivity (Wildman–Crippen MR) is 81.3 cm³/mol. The van der Waals surface area contributed by atoms with Gasteiger partial charge in [-0.05, 0) is 32.0 Å². The highest BCUT2D eigenvalue weighted by atomic mass is 16.5.